The van der Waals surface area contributed by atoms with E-state index in [-0.39, 0.29) is 5.91 Å². The average molecular weight is 413 g/mol. The SMILES string of the molecule is COc1ccc(-c2cc(C(=O)Nc3cc(C)cc(C)n3)c3ccccc3n2)c(OC)c1. The lowest BCUT2D eigenvalue weighted by molar-refractivity contribution is 0.102. The number of anilines is 1. The summed E-state index contributed by atoms with van der Waals surface area (Å²) < 4.78 is 10.8. The van der Waals surface area contributed by atoms with E-state index in [1.165, 1.54) is 0 Å². The molecule has 1 amide bonds. The van der Waals surface area contributed by atoms with Gasteiger partial charge in [-0.15, -0.1) is 0 Å². The van der Waals surface area contributed by atoms with Gasteiger partial charge in [0, 0.05) is 22.7 Å². The number of methoxy groups -OCH3 is 2. The van der Waals surface area contributed by atoms with Crippen LogP contribution in [0.2, 0.25) is 0 Å². The molecule has 2 aromatic carbocycles. The number of hydrogen-bond donors (Lipinski definition) is 1. The lowest BCUT2D eigenvalue weighted by Gasteiger charge is -2.13. The number of nitrogens with zero attached hydrogens (tertiary/aromatic N) is 2. The molecule has 4 rings (SSSR count). The molecule has 0 aliphatic carbocycles. The second kappa shape index (κ2) is 8.44. The molecule has 0 aliphatic heterocycles. The zero-order valence-corrected chi connectivity index (χ0v) is 17.9. The highest BCUT2D eigenvalue weighted by Gasteiger charge is 2.17. The van der Waals surface area contributed by atoms with Crippen molar-refractivity contribution >= 4 is 22.6 Å². The molecule has 0 saturated carbocycles. The number of aromatic nitrogens is 2. The number of carbonyl (C=O) groups excluding carboxylic acids is 1. The number of aryl methyl sites for hydroxylation is 2. The minimum Gasteiger partial charge on any atom is -0.497 e. The van der Waals surface area contributed by atoms with Gasteiger partial charge in [-0.05, 0) is 55.8 Å². The van der Waals surface area contributed by atoms with E-state index in [0.29, 0.717) is 28.6 Å². The number of rotatable bonds is 5. The number of nitrogens with one attached hydrogen (secondary N) is 1. The van der Waals surface area contributed by atoms with Crippen molar-refractivity contribution in [2.45, 2.75) is 13.8 Å². The summed E-state index contributed by atoms with van der Waals surface area (Å²) in [7, 11) is 3.20. The fourth-order valence-corrected chi connectivity index (χ4v) is 3.60. The van der Waals surface area contributed by atoms with E-state index < -0.39 is 0 Å². The van der Waals surface area contributed by atoms with E-state index >= 15 is 0 Å². The Balaban J connectivity index is 1.83. The number of carbonyl (C=O) groups is 1. The molecule has 0 fully saturated rings. The second-order valence-electron chi connectivity index (χ2n) is 7.26. The number of benzene rings is 2. The predicted octanol–water partition coefficient (Wildman–Crippen LogP) is 5.18. The standard InChI is InChI=1S/C25H23N3O3/c1-15-11-16(2)26-24(12-15)28-25(29)20-14-22(27-21-8-6-5-7-18(20)21)19-10-9-17(30-3)13-23(19)31-4/h5-14H,1-4H3,(H,26,28,29). The van der Waals surface area contributed by atoms with Gasteiger partial charge in [-0.1, -0.05) is 18.2 Å². The summed E-state index contributed by atoms with van der Waals surface area (Å²) in [4.78, 5) is 22.5. The number of fused-ring (bicyclic) bond motifs is 1. The molecule has 156 valence electrons. The summed E-state index contributed by atoms with van der Waals surface area (Å²) in [6, 6.07) is 18.7. The first kappa shape index (κ1) is 20.3. The third kappa shape index (κ3) is 4.19. The smallest absolute Gasteiger partial charge is 0.257 e. The van der Waals surface area contributed by atoms with Crippen molar-refractivity contribution in [1.82, 2.24) is 9.97 Å². The van der Waals surface area contributed by atoms with Crippen LogP contribution in [0.3, 0.4) is 0 Å². The second-order valence-corrected chi connectivity index (χ2v) is 7.26. The molecule has 1 N–H and O–H groups in total. The third-order valence-corrected chi connectivity index (χ3v) is 4.98. The van der Waals surface area contributed by atoms with E-state index in [4.69, 9.17) is 14.5 Å². The Bertz CT molecular complexity index is 1260. The largest absolute Gasteiger partial charge is 0.497 e. The topological polar surface area (TPSA) is 73.3 Å². The van der Waals surface area contributed by atoms with Crippen LogP contribution in [0.25, 0.3) is 22.2 Å². The molecule has 6 nitrogen and oxygen atoms in total. The van der Waals surface area contributed by atoms with Gasteiger partial charge >= 0.3 is 0 Å². The normalized spacial score (nSPS) is 10.7. The van der Waals surface area contributed by atoms with Crippen molar-refractivity contribution in [1.29, 1.82) is 0 Å². The quantitative estimate of drug-likeness (QED) is 0.488. The van der Waals surface area contributed by atoms with Crippen LogP contribution < -0.4 is 14.8 Å². The van der Waals surface area contributed by atoms with Crippen molar-refractivity contribution in [2.24, 2.45) is 0 Å². The zero-order valence-electron chi connectivity index (χ0n) is 17.9. The molecule has 0 bridgehead atoms. The molecule has 0 saturated heterocycles. The molecule has 2 heterocycles. The summed E-state index contributed by atoms with van der Waals surface area (Å²) in [5.74, 6) is 1.57. The Morgan fingerprint density at radius 1 is 0.903 bits per heavy atom. The molecule has 0 unspecified atom stereocenters. The predicted molar refractivity (Wildman–Crippen MR) is 122 cm³/mol. The maximum Gasteiger partial charge on any atom is 0.257 e. The van der Waals surface area contributed by atoms with Crippen LogP contribution in [0.15, 0.2) is 60.7 Å². The van der Waals surface area contributed by atoms with E-state index in [2.05, 4.69) is 10.3 Å². The van der Waals surface area contributed by atoms with Crippen LogP contribution in [0.5, 0.6) is 11.5 Å². The summed E-state index contributed by atoms with van der Waals surface area (Å²) in [6.07, 6.45) is 0. The highest BCUT2D eigenvalue weighted by Crippen LogP contribution is 2.34. The van der Waals surface area contributed by atoms with Gasteiger partial charge in [-0.2, -0.15) is 0 Å². The monoisotopic (exact) mass is 413 g/mol. The molecule has 6 heteroatoms. The highest BCUT2D eigenvalue weighted by atomic mass is 16.5. The molecule has 0 radical (unpaired) electrons. The molecule has 2 aromatic heterocycles. The van der Waals surface area contributed by atoms with Crippen LogP contribution in [0, 0.1) is 13.8 Å². The summed E-state index contributed by atoms with van der Waals surface area (Å²) >= 11 is 0. The number of hydrogen-bond acceptors (Lipinski definition) is 5. The van der Waals surface area contributed by atoms with Crippen LogP contribution in [-0.4, -0.2) is 30.1 Å². The summed E-state index contributed by atoms with van der Waals surface area (Å²) in [5, 5.41) is 3.69. The Morgan fingerprint density at radius 2 is 1.71 bits per heavy atom. The van der Waals surface area contributed by atoms with Gasteiger partial charge in [0.15, 0.2) is 0 Å². The highest BCUT2D eigenvalue weighted by molar-refractivity contribution is 6.12. The van der Waals surface area contributed by atoms with E-state index in [1.54, 1.807) is 26.4 Å². The van der Waals surface area contributed by atoms with Crippen molar-refractivity contribution in [3.63, 3.8) is 0 Å². The first-order valence-electron chi connectivity index (χ1n) is 9.87. The lowest BCUT2D eigenvalue weighted by atomic mass is 10.0. The molecule has 4 aromatic rings. The lowest BCUT2D eigenvalue weighted by Crippen LogP contribution is -2.14. The molecule has 31 heavy (non-hydrogen) atoms. The Kier molecular flexibility index (Phi) is 5.54. The molecular formula is C25H23N3O3. The third-order valence-electron chi connectivity index (χ3n) is 4.98. The molecule has 0 atom stereocenters. The fourth-order valence-electron chi connectivity index (χ4n) is 3.60. The number of para-hydroxylation sites is 1. The maximum absolute atomic E-state index is 13.3. The summed E-state index contributed by atoms with van der Waals surface area (Å²) in [5.41, 5.74) is 4.52. The van der Waals surface area contributed by atoms with Crippen LogP contribution >= 0.6 is 0 Å². The van der Waals surface area contributed by atoms with Gasteiger partial charge in [0.1, 0.15) is 17.3 Å². The van der Waals surface area contributed by atoms with Crippen LogP contribution in [0.1, 0.15) is 21.6 Å². The zero-order chi connectivity index (χ0) is 22.0. The Hall–Kier alpha value is -3.93. The average Bonchev–Trinajstić information content (AvgIpc) is 2.77. The van der Waals surface area contributed by atoms with Gasteiger partial charge in [-0.25, -0.2) is 9.97 Å². The Labute approximate surface area is 180 Å². The van der Waals surface area contributed by atoms with Gasteiger partial charge in [0.2, 0.25) is 0 Å². The number of amides is 1. The van der Waals surface area contributed by atoms with Crippen molar-refractivity contribution < 1.29 is 14.3 Å². The van der Waals surface area contributed by atoms with Gasteiger partial charge < -0.3 is 14.8 Å². The van der Waals surface area contributed by atoms with Crippen molar-refractivity contribution in [2.75, 3.05) is 19.5 Å². The minimum absolute atomic E-state index is 0.246. The van der Waals surface area contributed by atoms with E-state index in [9.17, 15) is 4.79 Å². The minimum atomic E-state index is -0.246. The van der Waals surface area contributed by atoms with Crippen LogP contribution in [0.4, 0.5) is 5.82 Å². The van der Waals surface area contributed by atoms with Gasteiger partial charge in [0.25, 0.3) is 5.91 Å². The first-order chi connectivity index (χ1) is 15.0. The maximum atomic E-state index is 13.3. The molecule has 0 spiro atoms. The Morgan fingerprint density at radius 3 is 2.45 bits per heavy atom. The number of ether oxygens (including phenoxy) is 2. The van der Waals surface area contributed by atoms with E-state index in [0.717, 1.165) is 27.7 Å². The van der Waals surface area contributed by atoms with Gasteiger partial charge in [-0.3, -0.25) is 4.79 Å². The molecular weight excluding hydrogens is 390 g/mol. The van der Waals surface area contributed by atoms with Crippen LogP contribution in [-0.2, 0) is 0 Å². The summed E-state index contributed by atoms with van der Waals surface area (Å²) in [6.45, 7) is 3.87. The fraction of sp³-hybridized carbons (Fsp3) is 0.160. The first-order valence-corrected chi connectivity index (χ1v) is 9.87. The number of pyridine rings is 2. The van der Waals surface area contributed by atoms with E-state index in [1.807, 2.05) is 62.4 Å². The van der Waals surface area contributed by atoms with Crippen molar-refractivity contribution in [3.8, 4) is 22.8 Å². The van der Waals surface area contributed by atoms with Gasteiger partial charge in [0.05, 0.1) is 31.0 Å². The van der Waals surface area contributed by atoms with Crippen molar-refractivity contribution in [3.05, 3.63) is 77.5 Å². The molecule has 0 aliphatic rings.